The second kappa shape index (κ2) is 4.76. The first-order valence-electron chi connectivity index (χ1n) is 4.43. The topological polar surface area (TPSA) is 26.0 Å². The minimum Gasteiger partial charge on any atom is -0.323 e. The third-order valence-corrected chi connectivity index (χ3v) is 2.17. The van der Waals surface area contributed by atoms with Crippen LogP contribution in [0.1, 0.15) is 32.4 Å². The molecular weight excluding hydrogens is 201 g/mol. The molecule has 0 aliphatic heterocycles. The van der Waals surface area contributed by atoms with E-state index in [1.54, 1.807) is 12.1 Å². The smallest absolute Gasteiger partial charge is 0.127 e. The van der Waals surface area contributed by atoms with Crippen LogP contribution in [0.5, 0.6) is 0 Å². The van der Waals surface area contributed by atoms with Crippen molar-refractivity contribution in [1.82, 2.24) is 0 Å². The molecular formula is C11H17ClFN. The molecule has 0 fully saturated rings. The van der Waals surface area contributed by atoms with Crippen LogP contribution in [0.15, 0.2) is 24.3 Å². The average molecular weight is 218 g/mol. The minimum absolute atomic E-state index is 0. The lowest BCUT2D eigenvalue weighted by Gasteiger charge is -2.27. The van der Waals surface area contributed by atoms with Crippen molar-refractivity contribution in [2.75, 3.05) is 0 Å². The molecule has 1 aromatic carbocycles. The van der Waals surface area contributed by atoms with Crippen LogP contribution in [0.4, 0.5) is 4.39 Å². The molecule has 0 saturated heterocycles. The van der Waals surface area contributed by atoms with Gasteiger partial charge in [-0.25, -0.2) is 4.39 Å². The number of rotatable bonds is 1. The van der Waals surface area contributed by atoms with Gasteiger partial charge in [0, 0.05) is 11.6 Å². The summed E-state index contributed by atoms with van der Waals surface area (Å²) in [5, 5.41) is 0. The van der Waals surface area contributed by atoms with Gasteiger partial charge in [0.25, 0.3) is 0 Å². The fourth-order valence-electron chi connectivity index (χ4n) is 1.19. The maximum atomic E-state index is 13.3. The van der Waals surface area contributed by atoms with Crippen LogP contribution in [-0.4, -0.2) is 0 Å². The van der Waals surface area contributed by atoms with Crippen molar-refractivity contribution in [2.24, 2.45) is 11.1 Å². The SMILES string of the molecule is CC(C)(C)[C@H](N)c1ccccc1F.Cl. The zero-order chi connectivity index (χ0) is 10.1. The second-order valence-corrected chi connectivity index (χ2v) is 4.37. The molecule has 1 rings (SSSR count). The van der Waals surface area contributed by atoms with Crippen molar-refractivity contribution in [3.05, 3.63) is 35.6 Å². The summed E-state index contributed by atoms with van der Waals surface area (Å²) in [6.07, 6.45) is 0. The van der Waals surface area contributed by atoms with Crippen molar-refractivity contribution >= 4 is 12.4 Å². The van der Waals surface area contributed by atoms with Crippen molar-refractivity contribution in [3.63, 3.8) is 0 Å². The quantitative estimate of drug-likeness (QED) is 0.768. The fourth-order valence-corrected chi connectivity index (χ4v) is 1.19. The molecule has 2 N–H and O–H groups in total. The summed E-state index contributed by atoms with van der Waals surface area (Å²) in [4.78, 5) is 0. The van der Waals surface area contributed by atoms with Gasteiger partial charge in [0.2, 0.25) is 0 Å². The highest BCUT2D eigenvalue weighted by Gasteiger charge is 2.24. The molecule has 14 heavy (non-hydrogen) atoms. The van der Waals surface area contributed by atoms with Crippen molar-refractivity contribution in [1.29, 1.82) is 0 Å². The van der Waals surface area contributed by atoms with E-state index in [-0.39, 0.29) is 29.7 Å². The van der Waals surface area contributed by atoms with Crippen LogP contribution in [0, 0.1) is 11.2 Å². The Hall–Kier alpha value is -0.600. The highest BCUT2D eigenvalue weighted by molar-refractivity contribution is 5.85. The molecule has 1 atom stereocenters. The lowest BCUT2D eigenvalue weighted by molar-refractivity contribution is 0.319. The maximum absolute atomic E-state index is 13.3. The molecule has 0 radical (unpaired) electrons. The van der Waals surface area contributed by atoms with E-state index in [4.69, 9.17) is 5.73 Å². The average Bonchev–Trinajstić information content (AvgIpc) is 2.02. The van der Waals surface area contributed by atoms with Gasteiger partial charge in [-0.1, -0.05) is 39.0 Å². The van der Waals surface area contributed by atoms with E-state index in [1.165, 1.54) is 6.07 Å². The summed E-state index contributed by atoms with van der Waals surface area (Å²) in [6.45, 7) is 6.01. The normalized spacial score (nSPS) is 13.2. The van der Waals surface area contributed by atoms with Crippen LogP contribution in [-0.2, 0) is 0 Å². The van der Waals surface area contributed by atoms with Crippen LogP contribution in [0.2, 0.25) is 0 Å². The molecule has 0 amide bonds. The van der Waals surface area contributed by atoms with Crippen molar-refractivity contribution in [2.45, 2.75) is 26.8 Å². The maximum Gasteiger partial charge on any atom is 0.127 e. The molecule has 0 aliphatic rings. The minimum atomic E-state index is -0.256. The molecule has 0 saturated carbocycles. The zero-order valence-corrected chi connectivity index (χ0v) is 9.57. The zero-order valence-electron chi connectivity index (χ0n) is 8.75. The predicted molar refractivity (Wildman–Crippen MR) is 60.0 cm³/mol. The molecule has 0 aliphatic carbocycles. The van der Waals surface area contributed by atoms with Gasteiger partial charge in [-0.3, -0.25) is 0 Å². The van der Waals surface area contributed by atoms with Gasteiger partial charge >= 0.3 is 0 Å². The third-order valence-electron chi connectivity index (χ3n) is 2.17. The monoisotopic (exact) mass is 217 g/mol. The van der Waals surface area contributed by atoms with E-state index < -0.39 is 0 Å². The Kier molecular flexibility index (Phi) is 4.56. The Bertz CT molecular complexity index is 294. The van der Waals surface area contributed by atoms with Crippen LogP contribution < -0.4 is 5.73 Å². The number of hydrogen-bond donors (Lipinski definition) is 1. The Labute approximate surface area is 90.9 Å². The highest BCUT2D eigenvalue weighted by Crippen LogP contribution is 2.31. The molecule has 1 nitrogen and oxygen atoms in total. The molecule has 1 aromatic rings. The fraction of sp³-hybridized carbons (Fsp3) is 0.455. The summed E-state index contributed by atoms with van der Waals surface area (Å²) in [5.74, 6) is -0.218. The van der Waals surface area contributed by atoms with E-state index >= 15 is 0 Å². The first kappa shape index (κ1) is 13.4. The molecule has 0 aromatic heterocycles. The second-order valence-electron chi connectivity index (χ2n) is 4.37. The van der Waals surface area contributed by atoms with Gasteiger partial charge in [-0.2, -0.15) is 0 Å². The Balaban J connectivity index is 0.00000169. The van der Waals surface area contributed by atoms with E-state index in [1.807, 2.05) is 26.8 Å². The van der Waals surface area contributed by atoms with E-state index in [0.717, 1.165) is 0 Å². The summed E-state index contributed by atoms with van der Waals surface area (Å²) < 4.78 is 13.3. The van der Waals surface area contributed by atoms with Gasteiger partial charge in [-0.05, 0) is 11.5 Å². The van der Waals surface area contributed by atoms with E-state index in [0.29, 0.717) is 5.56 Å². The van der Waals surface area contributed by atoms with Crippen LogP contribution in [0.25, 0.3) is 0 Å². The Morgan fingerprint density at radius 2 is 1.71 bits per heavy atom. The summed E-state index contributed by atoms with van der Waals surface area (Å²) in [6, 6.07) is 6.42. The van der Waals surface area contributed by atoms with Crippen molar-refractivity contribution in [3.8, 4) is 0 Å². The van der Waals surface area contributed by atoms with Gasteiger partial charge in [0.15, 0.2) is 0 Å². The first-order chi connectivity index (χ1) is 5.93. The van der Waals surface area contributed by atoms with Crippen molar-refractivity contribution < 1.29 is 4.39 Å². The first-order valence-corrected chi connectivity index (χ1v) is 4.43. The molecule has 0 bridgehead atoms. The van der Waals surface area contributed by atoms with E-state index in [9.17, 15) is 4.39 Å². The van der Waals surface area contributed by atoms with Gasteiger partial charge < -0.3 is 5.73 Å². The molecule has 0 spiro atoms. The summed E-state index contributed by atoms with van der Waals surface area (Å²) in [5.41, 5.74) is 6.42. The van der Waals surface area contributed by atoms with E-state index in [2.05, 4.69) is 0 Å². The number of hydrogen-bond acceptors (Lipinski definition) is 1. The third kappa shape index (κ3) is 2.96. The highest BCUT2D eigenvalue weighted by atomic mass is 35.5. The molecule has 0 unspecified atom stereocenters. The summed E-state index contributed by atoms with van der Waals surface area (Å²) >= 11 is 0. The van der Waals surface area contributed by atoms with Gasteiger partial charge in [-0.15, -0.1) is 12.4 Å². The van der Waals surface area contributed by atoms with Crippen LogP contribution in [0.3, 0.4) is 0 Å². The Morgan fingerprint density at radius 1 is 1.21 bits per heavy atom. The largest absolute Gasteiger partial charge is 0.323 e. The summed E-state index contributed by atoms with van der Waals surface area (Å²) in [7, 11) is 0. The lowest BCUT2D eigenvalue weighted by atomic mass is 9.83. The number of benzene rings is 1. The predicted octanol–water partition coefficient (Wildman–Crippen LogP) is 3.29. The Morgan fingerprint density at radius 3 is 2.14 bits per heavy atom. The molecule has 0 heterocycles. The van der Waals surface area contributed by atoms with Crippen LogP contribution >= 0.6 is 12.4 Å². The standard InChI is InChI=1S/C11H16FN.ClH/c1-11(2,3)10(13)8-6-4-5-7-9(8)12;/h4-7,10H,13H2,1-3H3;1H/t10-;/m1./s1. The molecule has 80 valence electrons. The number of halogens is 2. The number of nitrogens with two attached hydrogens (primary N) is 1. The molecule has 3 heteroatoms. The lowest BCUT2D eigenvalue weighted by Crippen LogP contribution is -2.27. The van der Waals surface area contributed by atoms with Gasteiger partial charge in [0.1, 0.15) is 5.82 Å². The van der Waals surface area contributed by atoms with Gasteiger partial charge in [0.05, 0.1) is 0 Å².